The zero-order valence-electron chi connectivity index (χ0n) is 12.1. The van der Waals surface area contributed by atoms with Crippen molar-refractivity contribution >= 4 is 17.6 Å². The van der Waals surface area contributed by atoms with E-state index in [9.17, 15) is 0 Å². The van der Waals surface area contributed by atoms with Gasteiger partial charge >= 0.3 is 0 Å². The molecule has 0 atom stereocenters. The lowest BCUT2D eigenvalue weighted by molar-refractivity contribution is 0.507. The van der Waals surface area contributed by atoms with Gasteiger partial charge in [-0.3, -0.25) is 4.99 Å². The second-order valence-electron chi connectivity index (χ2n) is 4.64. The molecule has 21 heavy (non-hydrogen) atoms. The van der Waals surface area contributed by atoms with Crippen molar-refractivity contribution in [1.82, 2.24) is 10.6 Å². The molecule has 2 aromatic rings. The van der Waals surface area contributed by atoms with Crippen LogP contribution in [-0.4, -0.2) is 26.1 Å². The number of guanidine groups is 1. The summed E-state index contributed by atoms with van der Waals surface area (Å²) in [6, 6.07) is 11.8. The molecule has 1 heterocycles. The molecule has 0 bridgehead atoms. The topological polar surface area (TPSA) is 49.6 Å². The quantitative estimate of drug-likeness (QED) is 0.637. The number of aliphatic imine (C=N–C) groups is 1. The van der Waals surface area contributed by atoms with Crippen molar-refractivity contribution in [2.24, 2.45) is 4.99 Å². The highest BCUT2D eigenvalue weighted by atomic mass is 35.5. The largest absolute Gasteiger partial charge is 0.469 e. The van der Waals surface area contributed by atoms with E-state index in [4.69, 9.17) is 16.0 Å². The number of rotatable bonds is 6. The van der Waals surface area contributed by atoms with Crippen LogP contribution in [-0.2, 0) is 12.8 Å². The molecule has 0 saturated carbocycles. The lowest BCUT2D eigenvalue weighted by Gasteiger charge is -2.11. The summed E-state index contributed by atoms with van der Waals surface area (Å²) in [6.45, 7) is 1.59. The van der Waals surface area contributed by atoms with Crippen molar-refractivity contribution in [2.75, 3.05) is 20.1 Å². The van der Waals surface area contributed by atoms with E-state index in [1.165, 1.54) is 5.56 Å². The Morgan fingerprint density at radius 3 is 2.62 bits per heavy atom. The van der Waals surface area contributed by atoms with Crippen molar-refractivity contribution in [3.63, 3.8) is 0 Å². The second kappa shape index (κ2) is 8.37. The van der Waals surface area contributed by atoms with Crippen LogP contribution in [0.2, 0.25) is 5.02 Å². The predicted octanol–water partition coefficient (Wildman–Crippen LogP) is 2.88. The fourth-order valence-electron chi connectivity index (χ4n) is 2.00. The molecule has 0 saturated heterocycles. The third kappa shape index (κ3) is 5.52. The molecule has 1 aromatic heterocycles. The first-order valence-corrected chi connectivity index (χ1v) is 7.37. The minimum Gasteiger partial charge on any atom is -0.469 e. The number of hydrogen-bond acceptors (Lipinski definition) is 2. The normalized spacial score (nSPS) is 11.4. The van der Waals surface area contributed by atoms with Gasteiger partial charge in [0.1, 0.15) is 5.76 Å². The molecular weight excluding hydrogens is 286 g/mol. The number of nitrogens with one attached hydrogen (secondary N) is 2. The van der Waals surface area contributed by atoms with Crippen LogP contribution in [0.1, 0.15) is 11.3 Å². The summed E-state index contributed by atoms with van der Waals surface area (Å²) in [5.41, 5.74) is 1.21. The van der Waals surface area contributed by atoms with E-state index in [2.05, 4.69) is 21.7 Å². The highest BCUT2D eigenvalue weighted by Gasteiger charge is 2.00. The SMILES string of the molecule is CN=C(NCCc1cccc(Cl)c1)NCCc1ccco1. The van der Waals surface area contributed by atoms with E-state index in [-0.39, 0.29) is 0 Å². The van der Waals surface area contributed by atoms with Gasteiger partial charge in [-0.15, -0.1) is 0 Å². The maximum absolute atomic E-state index is 5.97. The minimum absolute atomic E-state index is 0.772. The van der Waals surface area contributed by atoms with Crippen molar-refractivity contribution in [3.05, 3.63) is 59.0 Å². The Morgan fingerprint density at radius 2 is 1.95 bits per heavy atom. The molecule has 0 spiro atoms. The van der Waals surface area contributed by atoms with Crippen LogP contribution >= 0.6 is 11.6 Å². The zero-order valence-corrected chi connectivity index (χ0v) is 12.9. The first-order chi connectivity index (χ1) is 10.3. The second-order valence-corrected chi connectivity index (χ2v) is 5.07. The van der Waals surface area contributed by atoms with Crippen LogP contribution < -0.4 is 10.6 Å². The first kappa shape index (κ1) is 15.4. The molecule has 0 fully saturated rings. The smallest absolute Gasteiger partial charge is 0.191 e. The van der Waals surface area contributed by atoms with Crippen LogP contribution in [0.3, 0.4) is 0 Å². The zero-order chi connectivity index (χ0) is 14.9. The lowest BCUT2D eigenvalue weighted by Crippen LogP contribution is -2.39. The first-order valence-electron chi connectivity index (χ1n) is 6.99. The Balaban J connectivity index is 1.68. The fourth-order valence-corrected chi connectivity index (χ4v) is 2.21. The molecule has 2 rings (SSSR count). The van der Waals surface area contributed by atoms with Gasteiger partial charge < -0.3 is 15.1 Å². The van der Waals surface area contributed by atoms with Crippen molar-refractivity contribution in [3.8, 4) is 0 Å². The third-order valence-electron chi connectivity index (χ3n) is 3.06. The van der Waals surface area contributed by atoms with Gasteiger partial charge in [0, 0.05) is 31.6 Å². The van der Waals surface area contributed by atoms with E-state index in [1.807, 2.05) is 30.3 Å². The average molecular weight is 306 g/mol. The Bertz CT molecular complexity index is 567. The van der Waals surface area contributed by atoms with Gasteiger partial charge in [-0.2, -0.15) is 0 Å². The van der Waals surface area contributed by atoms with Gasteiger partial charge in [0.25, 0.3) is 0 Å². The average Bonchev–Trinajstić information content (AvgIpc) is 2.99. The molecule has 2 N–H and O–H groups in total. The van der Waals surface area contributed by atoms with Crippen LogP contribution in [0.25, 0.3) is 0 Å². The van der Waals surface area contributed by atoms with Gasteiger partial charge in [-0.1, -0.05) is 23.7 Å². The van der Waals surface area contributed by atoms with E-state index in [0.717, 1.165) is 42.7 Å². The fraction of sp³-hybridized carbons (Fsp3) is 0.312. The molecule has 5 heteroatoms. The van der Waals surface area contributed by atoms with Crippen LogP contribution in [0.15, 0.2) is 52.1 Å². The Kier molecular flexibility index (Phi) is 6.16. The molecule has 1 aromatic carbocycles. The van der Waals surface area contributed by atoms with Gasteiger partial charge in [0.05, 0.1) is 6.26 Å². The molecule has 0 radical (unpaired) electrons. The van der Waals surface area contributed by atoms with E-state index in [0.29, 0.717) is 0 Å². The van der Waals surface area contributed by atoms with E-state index < -0.39 is 0 Å². The summed E-state index contributed by atoms with van der Waals surface area (Å²) < 4.78 is 5.29. The molecule has 0 amide bonds. The maximum atomic E-state index is 5.97. The molecule has 0 unspecified atom stereocenters. The summed E-state index contributed by atoms with van der Waals surface area (Å²) in [4.78, 5) is 4.19. The number of benzene rings is 1. The Labute approximate surface area is 130 Å². The molecule has 0 aliphatic carbocycles. The highest BCUT2D eigenvalue weighted by molar-refractivity contribution is 6.30. The minimum atomic E-state index is 0.772. The van der Waals surface area contributed by atoms with Crippen molar-refractivity contribution in [2.45, 2.75) is 12.8 Å². The summed E-state index contributed by atoms with van der Waals surface area (Å²) in [5, 5.41) is 7.31. The van der Waals surface area contributed by atoms with Gasteiger partial charge in [-0.25, -0.2) is 0 Å². The summed E-state index contributed by atoms with van der Waals surface area (Å²) in [5.74, 6) is 1.76. The van der Waals surface area contributed by atoms with E-state index >= 15 is 0 Å². The van der Waals surface area contributed by atoms with E-state index in [1.54, 1.807) is 13.3 Å². The third-order valence-corrected chi connectivity index (χ3v) is 3.30. The van der Waals surface area contributed by atoms with Gasteiger partial charge in [0.15, 0.2) is 5.96 Å². The Hall–Kier alpha value is -1.94. The van der Waals surface area contributed by atoms with Gasteiger partial charge in [0.2, 0.25) is 0 Å². The summed E-state index contributed by atoms with van der Waals surface area (Å²) in [6.07, 6.45) is 3.43. The van der Waals surface area contributed by atoms with Crippen LogP contribution in [0, 0.1) is 0 Å². The predicted molar refractivity (Wildman–Crippen MR) is 86.9 cm³/mol. The van der Waals surface area contributed by atoms with Gasteiger partial charge in [-0.05, 0) is 36.2 Å². The summed E-state index contributed by atoms with van der Waals surface area (Å²) in [7, 11) is 1.77. The molecule has 0 aliphatic heterocycles. The molecule has 112 valence electrons. The summed E-state index contributed by atoms with van der Waals surface area (Å²) >= 11 is 5.97. The van der Waals surface area contributed by atoms with Crippen molar-refractivity contribution < 1.29 is 4.42 Å². The van der Waals surface area contributed by atoms with Crippen LogP contribution in [0.5, 0.6) is 0 Å². The van der Waals surface area contributed by atoms with Crippen LogP contribution in [0.4, 0.5) is 0 Å². The number of hydrogen-bond donors (Lipinski definition) is 2. The number of nitrogens with zero attached hydrogens (tertiary/aromatic N) is 1. The molecule has 4 nitrogen and oxygen atoms in total. The monoisotopic (exact) mass is 305 g/mol. The Morgan fingerprint density at radius 1 is 1.14 bits per heavy atom. The van der Waals surface area contributed by atoms with Crippen molar-refractivity contribution in [1.29, 1.82) is 0 Å². The number of halogens is 1. The molecule has 0 aliphatic rings. The standard InChI is InChI=1S/C16H20ClN3O/c1-18-16(20-10-8-15-6-3-11-21-15)19-9-7-13-4-2-5-14(17)12-13/h2-6,11-12H,7-10H2,1H3,(H2,18,19,20). The number of furan rings is 1. The maximum Gasteiger partial charge on any atom is 0.191 e. The lowest BCUT2D eigenvalue weighted by atomic mass is 10.1. The highest BCUT2D eigenvalue weighted by Crippen LogP contribution is 2.10. The molecular formula is C16H20ClN3O.